The summed E-state index contributed by atoms with van der Waals surface area (Å²) in [7, 11) is 1.75. The van der Waals surface area contributed by atoms with E-state index < -0.39 is 0 Å². The number of piperidine rings is 1. The van der Waals surface area contributed by atoms with Crippen LogP contribution in [0.1, 0.15) is 23.8 Å². The molecule has 3 nitrogen and oxygen atoms in total. The number of nitrogens with zero attached hydrogens (tertiary/aromatic N) is 1. The minimum absolute atomic E-state index is 0.268. The molecule has 0 radical (unpaired) electrons. The molecule has 0 aliphatic carbocycles. The maximum absolute atomic E-state index is 6.26. The minimum Gasteiger partial charge on any atom is -0.383 e. The predicted octanol–water partition coefficient (Wildman–Crippen LogP) is 1.86. The summed E-state index contributed by atoms with van der Waals surface area (Å²) < 4.78 is 5.17. The third-order valence-electron chi connectivity index (χ3n) is 3.20. The lowest BCUT2D eigenvalue weighted by Gasteiger charge is -2.39. The van der Waals surface area contributed by atoms with Gasteiger partial charge in [-0.1, -0.05) is 6.07 Å². The van der Waals surface area contributed by atoms with Crippen LogP contribution < -0.4 is 5.73 Å². The first-order valence-electron chi connectivity index (χ1n) is 5.85. The molecule has 1 aliphatic heterocycles. The number of methoxy groups -OCH3 is 1. The standard InChI is InChI=1S/C12H20N2OS/c1-15-8-7-14-6-2-4-10(13)12(14)11-5-3-9-16-11/h3,5,9-10,12H,2,4,6-8,13H2,1H3. The minimum atomic E-state index is 0.268. The Labute approximate surface area is 101 Å². The molecule has 0 amide bonds. The molecular formula is C12H20N2OS. The molecule has 0 aromatic carbocycles. The van der Waals surface area contributed by atoms with E-state index in [9.17, 15) is 0 Å². The molecule has 2 unspecified atom stereocenters. The second-order valence-corrected chi connectivity index (χ2v) is 5.27. The quantitative estimate of drug-likeness (QED) is 0.873. The number of hydrogen-bond acceptors (Lipinski definition) is 4. The molecular weight excluding hydrogens is 220 g/mol. The summed E-state index contributed by atoms with van der Waals surface area (Å²) in [6.07, 6.45) is 2.33. The topological polar surface area (TPSA) is 38.5 Å². The van der Waals surface area contributed by atoms with Crippen LogP contribution in [0, 0.1) is 0 Å². The largest absolute Gasteiger partial charge is 0.383 e. The zero-order chi connectivity index (χ0) is 11.4. The number of nitrogens with two attached hydrogens (primary N) is 1. The molecule has 16 heavy (non-hydrogen) atoms. The fourth-order valence-electron chi connectivity index (χ4n) is 2.41. The van der Waals surface area contributed by atoms with Gasteiger partial charge in [0, 0.05) is 24.6 Å². The fourth-order valence-corrected chi connectivity index (χ4v) is 3.34. The van der Waals surface area contributed by atoms with Crippen molar-refractivity contribution >= 4 is 11.3 Å². The molecule has 2 rings (SSSR count). The van der Waals surface area contributed by atoms with Crippen molar-refractivity contribution in [2.45, 2.75) is 24.9 Å². The Kier molecular flexibility index (Phi) is 4.35. The number of likely N-dealkylation sites (tertiary alicyclic amines) is 1. The summed E-state index contributed by atoms with van der Waals surface area (Å²) in [6.45, 7) is 2.90. The molecule has 90 valence electrons. The van der Waals surface area contributed by atoms with E-state index in [1.807, 2.05) is 11.3 Å². The summed E-state index contributed by atoms with van der Waals surface area (Å²) in [5, 5.41) is 2.13. The lowest BCUT2D eigenvalue weighted by atomic mass is 9.96. The van der Waals surface area contributed by atoms with Gasteiger partial charge in [-0.05, 0) is 30.8 Å². The monoisotopic (exact) mass is 240 g/mol. The van der Waals surface area contributed by atoms with Crippen LogP contribution in [0.5, 0.6) is 0 Å². The molecule has 1 saturated heterocycles. The maximum Gasteiger partial charge on any atom is 0.0594 e. The van der Waals surface area contributed by atoms with E-state index in [0.717, 1.165) is 26.1 Å². The van der Waals surface area contributed by atoms with Gasteiger partial charge in [-0.2, -0.15) is 0 Å². The second-order valence-electron chi connectivity index (χ2n) is 4.30. The average Bonchev–Trinajstić information content (AvgIpc) is 2.79. The van der Waals surface area contributed by atoms with E-state index in [0.29, 0.717) is 6.04 Å². The van der Waals surface area contributed by atoms with Crippen molar-refractivity contribution in [1.29, 1.82) is 0 Å². The summed E-state index contributed by atoms with van der Waals surface area (Å²) in [5.74, 6) is 0. The Morgan fingerprint density at radius 3 is 3.19 bits per heavy atom. The van der Waals surface area contributed by atoms with Crippen LogP contribution in [0.3, 0.4) is 0 Å². The van der Waals surface area contributed by atoms with E-state index in [1.54, 1.807) is 7.11 Å². The first-order valence-corrected chi connectivity index (χ1v) is 6.73. The van der Waals surface area contributed by atoms with Gasteiger partial charge >= 0.3 is 0 Å². The van der Waals surface area contributed by atoms with Crippen LogP contribution in [0.15, 0.2) is 17.5 Å². The average molecular weight is 240 g/mol. The lowest BCUT2D eigenvalue weighted by Crippen LogP contribution is -2.46. The number of thiophene rings is 1. The van der Waals surface area contributed by atoms with Gasteiger partial charge in [0.15, 0.2) is 0 Å². The van der Waals surface area contributed by atoms with E-state index >= 15 is 0 Å². The van der Waals surface area contributed by atoms with Crippen molar-refractivity contribution in [2.24, 2.45) is 5.73 Å². The number of ether oxygens (including phenoxy) is 1. The molecule has 2 N–H and O–H groups in total. The van der Waals surface area contributed by atoms with Gasteiger partial charge in [0.25, 0.3) is 0 Å². The molecule has 4 heteroatoms. The highest BCUT2D eigenvalue weighted by Gasteiger charge is 2.30. The molecule has 1 aromatic heterocycles. The first-order chi connectivity index (χ1) is 7.83. The zero-order valence-electron chi connectivity index (χ0n) is 9.76. The normalized spacial score (nSPS) is 27.1. The van der Waals surface area contributed by atoms with Gasteiger partial charge in [-0.15, -0.1) is 11.3 Å². The second kappa shape index (κ2) is 5.77. The van der Waals surface area contributed by atoms with Gasteiger partial charge in [0.2, 0.25) is 0 Å². The maximum atomic E-state index is 6.26. The summed E-state index contributed by atoms with van der Waals surface area (Å²) in [6, 6.07) is 4.96. The van der Waals surface area contributed by atoms with Crippen LogP contribution in [0.2, 0.25) is 0 Å². The van der Waals surface area contributed by atoms with Crippen LogP contribution >= 0.6 is 11.3 Å². The van der Waals surface area contributed by atoms with Gasteiger partial charge in [-0.25, -0.2) is 0 Å². The van der Waals surface area contributed by atoms with E-state index in [4.69, 9.17) is 10.5 Å². The summed E-state index contributed by atoms with van der Waals surface area (Å²) in [4.78, 5) is 3.85. The Morgan fingerprint density at radius 1 is 1.62 bits per heavy atom. The predicted molar refractivity (Wildman–Crippen MR) is 67.7 cm³/mol. The molecule has 0 bridgehead atoms. The fraction of sp³-hybridized carbons (Fsp3) is 0.667. The highest BCUT2D eigenvalue weighted by Crippen LogP contribution is 2.32. The van der Waals surface area contributed by atoms with Crippen LogP contribution in [-0.4, -0.2) is 37.7 Å². The molecule has 1 fully saturated rings. The highest BCUT2D eigenvalue weighted by atomic mass is 32.1. The third-order valence-corrected chi connectivity index (χ3v) is 4.14. The Bertz CT molecular complexity index is 302. The van der Waals surface area contributed by atoms with Crippen molar-refractivity contribution in [3.05, 3.63) is 22.4 Å². The molecule has 1 aromatic rings. The third kappa shape index (κ3) is 2.63. The molecule has 0 saturated carbocycles. The molecule has 2 heterocycles. The summed E-state index contributed by atoms with van der Waals surface area (Å²) in [5.41, 5.74) is 6.26. The van der Waals surface area contributed by atoms with Gasteiger partial charge < -0.3 is 10.5 Å². The Balaban J connectivity index is 2.08. The molecule has 2 atom stereocenters. The van der Waals surface area contributed by atoms with Crippen molar-refractivity contribution in [3.8, 4) is 0 Å². The van der Waals surface area contributed by atoms with E-state index in [1.165, 1.54) is 11.3 Å². The van der Waals surface area contributed by atoms with Gasteiger partial charge in [0.1, 0.15) is 0 Å². The lowest BCUT2D eigenvalue weighted by molar-refractivity contribution is 0.0864. The summed E-state index contributed by atoms with van der Waals surface area (Å²) >= 11 is 1.81. The Morgan fingerprint density at radius 2 is 2.50 bits per heavy atom. The van der Waals surface area contributed by atoms with Crippen molar-refractivity contribution in [2.75, 3.05) is 26.8 Å². The van der Waals surface area contributed by atoms with Crippen LogP contribution in [0.25, 0.3) is 0 Å². The van der Waals surface area contributed by atoms with Crippen molar-refractivity contribution in [3.63, 3.8) is 0 Å². The van der Waals surface area contributed by atoms with Crippen molar-refractivity contribution < 1.29 is 4.74 Å². The van der Waals surface area contributed by atoms with E-state index in [2.05, 4.69) is 22.4 Å². The van der Waals surface area contributed by atoms with Crippen molar-refractivity contribution in [1.82, 2.24) is 4.90 Å². The van der Waals surface area contributed by atoms with E-state index in [-0.39, 0.29) is 6.04 Å². The van der Waals surface area contributed by atoms with Crippen LogP contribution in [0.4, 0.5) is 0 Å². The highest BCUT2D eigenvalue weighted by molar-refractivity contribution is 7.10. The Hall–Kier alpha value is -0.420. The first kappa shape index (κ1) is 12.0. The number of hydrogen-bond donors (Lipinski definition) is 1. The molecule has 1 aliphatic rings. The zero-order valence-corrected chi connectivity index (χ0v) is 10.6. The molecule has 0 spiro atoms. The SMILES string of the molecule is COCCN1CCCC(N)C1c1cccs1. The van der Waals surface area contributed by atoms with Gasteiger partial charge in [0.05, 0.1) is 12.6 Å². The smallest absolute Gasteiger partial charge is 0.0594 e. The number of rotatable bonds is 4. The van der Waals surface area contributed by atoms with Crippen LogP contribution in [-0.2, 0) is 4.74 Å². The van der Waals surface area contributed by atoms with Gasteiger partial charge in [-0.3, -0.25) is 4.90 Å².